The van der Waals surface area contributed by atoms with Crippen LogP contribution in [-0.4, -0.2) is 36.8 Å². The largest absolute Gasteiger partial charge is 0.490 e. The van der Waals surface area contributed by atoms with Crippen LogP contribution < -0.4 is 4.74 Å². The molecule has 1 saturated heterocycles. The van der Waals surface area contributed by atoms with Gasteiger partial charge in [-0.05, 0) is 36.8 Å². The Bertz CT molecular complexity index is 690. The summed E-state index contributed by atoms with van der Waals surface area (Å²) in [5.74, 6) is 0.380. The van der Waals surface area contributed by atoms with E-state index in [0.29, 0.717) is 31.9 Å². The normalized spacial score (nSPS) is 20.2. The molecule has 1 amide bonds. The second-order valence-corrected chi connectivity index (χ2v) is 6.06. The summed E-state index contributed by atoms with van der Waals surface area (Å²) >= 11 is 0. The van der Waals surface area contributed by atoms with Gasteiger partial charge in [-0.2, -0.15) is 0 Å². The SMILES string of the molecule is CCOC(=O)N1CC[C@H](Oc2ccc(F)cc2)[C@H](c2ccccc2)C1. The molecule has 2 atom stereocenters. The van der Waals surface area contributed by atoms with Crippen LogP contribution in [0.2, 0.25) is 0 Å². The van der Waals surface area contributed by atoms with Gasteiger partial charge >= 0.3 is 6.09 Å². The van der Waals surface area contributed by atoms with Crippen molar-refractivity contribution >= 4 is 6.09 Å². The Morgan fingerprint density at radius 2 is 1.88 bits per heavy atom. The number of carbonyl (C=O) groups excluding carboxylic acids is 1. The smallest absolute Gasteiger partial charge is 0.409 e. The Balaban J connectivity index is 1.79. The molecule has 4 nitrogen and oxygen atoms in total. The van der Waals surface area contributed by atoms with Crippen LogP contribution in [0.4, 0.5) is 9.18 Å². The summed E-state index contributed by atoms with van der Waals surface area (Å²) < 4.78 is 24.4. The van der Waals surface area contributed by atoms with Crippen molar-refractivity contribution in [2.75, 3.05) is 19.7 Å². The van der Waals surface area contributed by atoms with E-state index >= 15 is 0 Å². The second-order valence-electron chi connectivity index (χ2n) is 6.06. The lowest BCUT2D eigenvalue weighted by atomic mass is 9.88. The standard InChI is InChI=1S/C20H22FNO3/c1-2-24-20(23)22-13-12-19(25-17-10-8-16(21)9-11-17)18(14-22)15-6-4-3-5-7-15/h3-11,18-19H,2,12-14H2,1H3/t18-,19-/m0/s1. The van der Waals surface area contributed by atoms with Crippen LogP contribution in [0.15, 0.2) is 54.6 Å². The van der Waals surface area contributed by atoms with Gasteiger partial charge in [0.05, 0.1) is 6.61 Å². The van der Waals surface area contributed by atoms with Gasteiger partial charge in [0.25, 0.3) is 0 Å². The molecule has 0 aliphatic carbocycles. The number of hydrogen-bond acceptors (Lipinski definition) is 3. The summed E-state index contributed by atoms with van der Waals surface area (Å²) in [6.45, 7) is 3.28. The van der Waals surface area contributed by atoms with Crippen LogP contribution in [0.5, 0.6) is 5.75 Å². The fourth-order valence-corrected chi connectivity index (χ4v) is 3.16. The van der Waals surface area contributed by atoms with Gasteiger partial charge in [-0.1, -0.05) is 30.3 Å². The van der Waals surface area contributed by atoms with Crippen LogP contribution in [0.1, 0.15) is 24.8 Å². The number of hydrogen-bond donors (Lipinski definition) is 0. The minimum Gasteiger partial charge on any atom is -0.490 e. The van der Waals surface area contributed by atoms with Crippen molar-refractivity contribution in [1.29, 1.82) is 0 Å². The summed E-state index contributed by atoms with van der Waals surface area (Å²) in [7, 11) is 0. The molecule has 0 radical (unpaired) electrons. The predicted octanol–water partition coefficient (Wildman–Crippen LogP) is 4.22. The molecule has 5 heteroatoms. The molecule has 3 rings (SSSR count). The average molecular weight is 343 g/mol. The number of ether oxygens (including phenoxy) is 2. The number of likely N-dealkylation sites (tertiary alicyclic amines) is 1. The molecule has 1 fully saturated rings. The molecule has 1 aliphatic heterocycles. The van der Waals surface area contributed by atoms with Gasteiger partial charge in [0, 0.05) is 25.4 Å². The highest BCUT2D eigenvalue weighted by Gasteiger charge is 2.34. The highest BCUT2D eigenvalue weighted by Crippen LogP contribution is 2.31. The van der Waals surface area contributed by atoms with Crippen molar-refractivity contribution in [2.45, 2.75) is 25.4 Å². The van der Waals surface area contributed by atoms with Gasteiger partial charge in [0.15, 0.2) is 0 Å². The first-order valence-corrected chi connectivity index (χ1v) is 8.56. The third-order valence-electron chi connectivity index (χ3n) is 4.40. The van der Waals surface area contributed by atoms with Crippen molar-refractivity contribution in [2.24, 2.45) is 0 Å². The number of piperidine rings is 1. The maximum Gasteiger partial charge on any atom is 0.409 e. The van der Waals surface area contributed by atoms with Crippen LogP contribution >= 0.6 is 0 Å². The number of carbonyl (C=O) groups is 1. The molecule has 1 heterocycles. The summed E-state index contributed by atoms with van der Waals surface area (Å²) in [5, 5.41) is 0. The number of rotatable bonds is 4. The Hall–Kier alpha value is -2.56. The summed E-state index contributed by atoms with van der Waals surface area (Å²) in [6.07, 6.45) is 0.317. The van der Waals surface area contributed by atoms with Crippen LogP contribution in [0, 0.1) is 5.82 Å². The van der Waals surface area contributed by atoms with E-state index in [1.807, 2.05) is 30.3 Å². The Labute approximate surface area is 147 Å². The Kier molecular flexibility index (Phi) is 5.53. The van der Waals surface area contributed by atoms with E-state index in [4.69, 9.17) is 9.47 Å². The monoisotopic (exact) mass is 343 g/mol. The first kappa shape index (κ1) is 17.3. The molecule has 0 spiro atoms. The van der Waals surface area contributed by atoms with Crippen LogP contribution in [-0.2, 0) is 4.74 Å². The molecular weight excluding hydrogens is 321 g/mol. The Morgan fingerprint density at radius 3 is 2.56 bits per heavy atom. The van der Waals surface area contributed by atoms with E-state index in [1.165, 1.54) is 12.1 Å². The van der Waals surface area contributed by atoms with E-state index in [2.05, 4.69) is 0 Å². The van der Waals surface area contributed by atoms with Gasteiger partial charge in [-0.25, -0.2) is 9.18 Å². The molecule has 0 bridgehead atoms. The molecule has 2 aromatic carbocycles. The minimum absolute atomic E-state index is 0.0319. The first-order chi connectivity index (χ1) is 12.2. The highest BCUT2D eigenvalue weighted by molar-refractivity contribution is 5.67. The van der Waals surface area contributed by atoms with E-state index in [0.717, 1.165) is 5.56 Å². The quantitative estimate of drug-likeness (QED) is 0.834. The minimum atomic E-state index is -0.288. The first-order valence-electron chi connectivity index (χ1n) is 8.56. The van der Waals surface area contributed by atoms with Crippen LogP contribution in [0.25, 0.3) is 0 Å². The Morgan fingerprint density at radius 1 is 1.16 bits per heavy atom. The molecule has 0 saturated carbocycles. The molecule has 1 aliphatic rings. The topological polar surface area (TPSA) is 38.8 Å². The lowest BCUT2D eigenvalue weighted by Crippen LogP contribution is -2.47. The number of nitrogens with zero attached hydrogens (tertiary/aromatic N) is 1. The summed E-state index contributed by atoms with van der Waals surface area (Å²) in [6, 6.07) is 16.1. The molecule has 0 unspecified atom stereocenters. The van der Waals surface area contributed by atoms with E-state index in [9.17, 15) is 9.18 Å². The van der Waals surface area contributed by atoms with Crippen molar-refractivity contribution in [3.05, 3.63) is 66.0 Å². The lowest BCUT2D eigenvalue weighted by Gasteiger charge is -2.38. The molecule has 0 aromatic heterocycles. The zero-order valence-corrected chi connectivity index (χ0v) is 14.2. The molecular formula is C20H22FNO3. The second kappa shape index (κ2) is 8.01. The van der Waals surface area contributed by atoms with Crippen molar-refractivity contribution < 1.29 is 18.7 Å². The van der Waals surface area contributed by atoms with Crippen molar-refractivity contribution in [3.8, 4) is 5.75 Å². The predicted molar refractivity (Wildman–Crippen MR) is 93.2 cm³/mol. The summed E-state index contributed by atoms with van der Waals surface area (Å²) in [5.41, 5.74) is 1.11. The zero-order chi connectivity index (χ0) is 17.6. The number of halogens is 1. The third-order valence-corrected chi connectivity index (χ3v) is 4.40. The fraction of sp³-hybridized carbons (Fsp3) is 0.350. The van der Waals surface area contributed by atoms with Crippen molar-refractivity contribution in [1.82, 2.24) is 4.90 Å². The average Bonchev–Trinajstić information content (AvgIpc) is 2.65. The van der Waals surface area contributed by atoms with E-state index in [1.54, 1.807) is 24.0 Å². The van der Waals surface area contributed by atoms with Gasteiger partial charge in [0.1, 0.15) is 17.7 Å². The molecule has 2 aromatic rings. The third kappa shape index (κ3) is 4.29. The summed E-state index contributed by atoms with van der Waals surface area (Å²) in [4.78, 5) is 13.8. The molecule has 0 N–H and O–H groups in total. The number of amides is 1. The maximum absolute atomic E-state index is 13.1. The molecule has 25 heavy (non-hydrogen) atoms. The van der Waals surface area contributed by atoms with Crippen LogP contribution in [0.3, 0.4) is 0 Å². The van der Waals surface area contributed by atoms with Gasteiger partial charge < -0.3 is 14.4 Å². The zero-order valence-electron chi connectivity index (χ0n) is 14.2. The fourth-order valence-electron chi connectivity index (χ4n) is 3.16. The van der Waals surface area contributed by atoms with Gasteiger partial charge in [0.2, 0.25) is 0 Å². The maximum atomic E-state index is 13.1. The number of benzene rings is 2. The van der Waals surface area contributed by atoms with E-state index in [-0.39, 0.29) is 23.9 Å². The lowest BCUT2D eigenvalue weighted by molar-refractivity contribution is 0.0573. The van der Waals surface area contributed by atoms with Gasteiger partial charge in [-0.3, -0.25) is 0 Å². The van der Waals surface area contributed by atoms with Crippen molar-refractivity contribution in [3.63, 3.8) is 0 Å². The van der Waals surface area contributed by atoms with Gasteiger partial charge in [-0.15, -0.1) is 0 Å². The molecule has 132 valence electrons. The highest BCUT2D eigenvalue weighted by atomic mass is 19.1. The van der Waals surface area contributed by atoms with E-state index < -0.39 is 0 Å².